The van der Waals surface area contributed by atoms with E-state index in [0.717, 1.165) is 21.9 Å². The van der Waals surface area contributed by atoms with Gasteiger partial charge in [0.1, 0.15) is 0 Å². The van der Waals surface area contributed by atoms with Gasteiger partial charge < -0.3 is 0 Å². The van der Waals surface area contributed by atoms with Crippen LogP contribution in [0, 0.1) is 0 Å². The van der Waals surface area contributed by atoms with Gasteiger partial charge in [-0.3, -0.25) is 0 Å². The van der Waals surface area contributed by atoms with E-state index in [-0.39, 0.29) is 5.60 Å². The third-order valence-corrected chi connectivity index (χ3v) is 3.64. The second-order valence-corrected chi connectivity index (χ2v) is 7.26. The molecule has 0 heterocycles. The standard InChI is InChI=1S/C17H26N4O.W/c1-6-16(15-10-8-7-9-11-15)20-21(18-5)13-12-19-14-22-17(2,3)4;/h7-11,19H,5-6,12-13H2,1-4H3;/b20-16+;. The fraction of sp³-hybridized carbons (Fsp3) is 0.471. The van der Waals surface area contributed by atoms with Crippen molar-refractivity contribution in [3.63, 3.8) is 0 Å². The van der Waals surface area contributed by atoms with E-state index in [0.29, 0.717) is 13.1 Å². The predicted octanol–water partition coefficient (Wildman–Crippen LogP) is 2.76. The summed E-state index contributed by atoms with van der Waals surface area (Å²) in [6.07, 6.45) is 0.839. The van der Waals surface area contributed by atoms with Crippen molar-refractivity contribution in [3.05, 3.63) is 35.9 Å². The number of rotatable bonds is 9. The topological polar surface area (TPSA) is 49.2 Å². The summed E-state index contributed by atoms with van der Waals surface area (Å²) in [7, 11) is 0. The number of nitrogens with zero attached hydrogens (tertiary/aromatic N) is 3. The van der Waals surface area contributed by atoms with Gasteiger partial charge in [0, 0.05) is 0 Å². The van der Waals surface area contributed by atoms with Gasteiger partial charge in [-0.1, -0.05) is 0 Å². The summed E-state index contributed by atoms with van der Waals surface area (Å²) >= 11 is 1.27. The molecule has 126 valence electrons. The molecule has 0 amide bonds. The van der Waals surface area contributed by atoms with E-state index in [1.807, 2.05) is 39.0 Å². The van der Waals surface area contributed by atoms with Crippen molar-refractivity contribution in [1.29, 1.82) is 0 Å². The van der Waals surface area contributed by atoms with Crippen LogP contribution in [0.1, 0.15) is 39.7 Å². The molecule has 6 heteroatoms. The maximum absolute atomic E-state index is 5.77. The molecule has 1 aromatic rings. The van der Waals surface area contributed by atoms with Crippen molar-refractivity contribution < 1.29 is 24.1 Å². The molecule has 0 atom stereocenters. The van der Waals surface area contributed by atoms with Crippen LogP contribution in [0.4, 0.5) is 0 Å². The Bertz CT molecular complexity index is 537. The van der Waals surface area contributed by atoms with Crippen molar-refractivity contribution in [2.75, 3.05) is 13.1 Å². The van der Waals surface area contributed by atoms with E-state index < -0.39 is 0 Å². The van der Waals surface area contributed by atoms with Gasteiger partial charge in [0.05, 0.1) is 0 Å². The Morgan fingerprint density at radius 2 is 1.96 bits per heavy atom. The summed E-state index contributed by atoms with van der Waals surface area (Å²) in [5.41, 5.74) is 1.93. The van der Waals surface area contributed by atoms with Gasteiger partial charge in [0.15, 0.2) is 0 Å². The fourth-order valence-electron chi connectivity index (χ4n) is 1.83. The van der Waals surface area contributed by atoms with E-state index in [2.05, 4.69) is 41.3 Å². The Kier molecular flexibility index (Phi) is 8.53. The van der Waals surface area contributed by atoms with Crippen molar-refractivity contribution in [2.24, 2.45) is 10.2 Å². The first-order valence-electron chi connectivity index (χ1n) is 7.69. The van der Waals surface area contributed by atoms with Crippen LogP contribution >= 0.6 is 0 Å². The molecule has 0 unspecified atom stereocenters. The third kappa shape index (κ3) is 8.31. The minimum absolute atomic E-state index is 0.179. The summed E-state index contributed by atoms with van der Waals surface area (Å²) in [6.45, 7) is 13.1. The predicted molar refractivity (Wildman–Crippen MR) is 93.4 cm³/mol. The molecule has 0 aliphatic heterocycles. The fourth-order valence-corrected chi connectivity index (χ4v) is 3.09. The molecule has 1 rings (SSSR count). The first kappa shape index (κ1) is 19.9. The summed E-state index contributed by atoms with van der Waals surface area (Å²) in [5, 5.41) is 13.5. The van der Waals surface area contributed by atoms with Gasteiger partial charge in [-0.25, -0.2) is 0 Å². The van der Waals surface area contributed by atoms with Crippen LogP contribution in [0.15, 0.2) is 40.5 Å². The molecule has 1 aromatic carbocycles. The molecule has 0 saturated carbocycles. The number of hydrogen-bond donors (Lipinski definition) is 1. The van der Waals surface area contributed by atoms with E-state index in [1.165, 1.54) is 19.4 Å². The molecule has 0 aromatic heterocycles. The van der Waals surface area contributed by atoms with Gasteiger partial charge in [-0.05, 0) is 0 Å². The van der Waals surface area contributed by atoms with Gasteiger partial charge in [0.25, 0.3) is 0 Å². The molecule has 0 aliphatic carbocycles. The van der Waals surface area contributed by atoms with Crippen LogP contribution in [0.2, 0.25) is 0 Å². The number of hydrazone groups is 2. The van der Waals surface area contributed by atoms with E-state index >= 15 is 0 Å². The number of ether oxygens (including phenoxy) is 1. The summed E-state index contributed by atoms with van der Waals surface area (Å²) in [6, 6.07) is 10.1. The van der Waals surface area contributed by atoms with Crippen LogP contribution in [0.5, 0.6) is 0 Å². The monoisotopic (exact) mass is 486 g/mol. The average Bonchev–Trinajstić information content (AvgIpc) is 2.49. The molecule has 5 nitrogen and oxygen atoms in total. The molecule has 0 spiro atoms. The zero-order valence-corrected chi connectivity index (χ0v) is 17.3. The van der Waals surface area contributed by atoms with Crippen LogP contribution < -0.4 is 5.32 Å². The Hall–Kier alpha value is -1.16. The summed E-state index contributed by atoms with van der Waals surface area (Å²) < 4.78 is 6.65. The molecule has 0 saturated heterocycles. The van der Waals surface area contributed by atoms with Crippen LogP contribution in [0.25, 0.3) is 0 Å². The van der Waals surface area contributed by atoms with E-state index in [9.17, 15) is 0 Å². The quantitative estimate of drug-likeness (QED) is 0.432. The molecule has 23 heavy (non-hydrogen) atoms. The molecular formula is C17H26N4OW. The minimum atomic E-state index is -0.179. The molecule has 0 radical (unpaired) electrons. The van der Waals surface area contributed by atoms with Crippen molar-refractivity contribution in [3.8, 4) is 0 Å². The molecule has 1 N–H and O–H groups in total. The number of benzene rings is 1. The number of nitrogens with one attached hydrogen (secondary N) is 1. The normalized spacial score (nSPS) is 12.1. The Balaban J connectivity index is 2.58. The zero-order valence-electron chi connectivity index (χ0n) is 14.4. The Morgan fingerprint density at radius 1 is 1.30 bits per heavy atom. The average molecular weight is 486 g/mol. The van der Waals surface area contributed by atoms with E-state index in [1.54, 1.807) is 5.12 Å². The number of hydrogen-bond acceptors (Lipinski definition) is 5. The molecular weight excluding hydrogens is 460 g/mol. The van der Waals surface area contributed by atoms with Crippen molar-refractivity contribution in [1.82, 2.24) is 10.4 Å². The van der Waals surface area contributed by atoms with Crippen LogP contribution in [-0.2, 0) is 24.1 Å². The Labute approximate surface area is 150 Å². The summed E-state index contributed by atoms with van der Waals surface area (Å²) in [4.78, 5) is 0. The second kappa shape index (κ2) is 9.86. The first-order valence-corrected chi connectivity index (χ1v) is 9.16. The third-order valence-electron chi connectivity index (χ3n) is 2.82. The van der Waals surface area contributed by atoms with Gasteiger partial charge in [-0.2, -0.15) is 0 Å². The van der Waals surface area contributed by atoms with Gasteiger partial charge in [-0.15, -0.1) is 0 Å². The maximum atomic E-state index is 5.77. The molecule has 0 aliphatic rings. The van der Waals surface area contributed by atoms with Gasteiger partial charge in [0.2, 0.25) is 0 Å². The van der Waals surface area contributed by atoms with Crippen molar-refractivity contribution in [2.45, 2.75) is 39.7 Å². The first-order chi connectivity index (χ1) is 10.9. The summed E-state index contributed by atoms with van der Waals surface area (Å²) in [5.74, 6) is 0. The van der Waals surface area contributed by atoms with E-state index in [4.69, 9.17) is 4.74 Å². The zero-order chi connectivity index (χ0) is 17.3. The molecule has 0 fully saturated rings. The van der Waals surface area contributed by atoms with Gasteiger partial charge >= 0.3 is 150 Å². The molecule has 0 bridgehead atoms. The van der Waals surface area contributed by atoms with Crippen LogP contribution in [0.3, 0.4) is 0 Å². The SMILES string of the molecule is C=NN(CCN[C](=[W])OC(C)(C)C)/N=C(\CC)c1ccccc1. The van der Waals surface area contributed by atoms with Crippen molar-refractivity contribution >= 4 is 16.6 Å². The second-order valence-electron chi connectivity index (χ2n) is 5.93. The van der Waals surface area contributed by atoms with Crippen LogP contribution in [-0.4, -0.2) is 40.4 Å². The Morgan fingerprint density at radius 3 is 2.48 bits per heavy atom.